The van der Waals surface area contributed by atoms with E-state index in [-0.39, 0.29) is 16.5 Å². The van der Waals surface area contributed by atoms with Crippen LogP contribution in [0.4, 0.5) is 0 Å². The fourth-order valence-corrected chi connectivity index (χ4v) is 2.57. The summed E-state index contributed by atoms with van der Waals surface area (Å²) < 4.78 is 26.1. The number of carbonyl (C=O) groups excluding carboxylic acids is 2. The highest BCUT2D eigenvalue weighted by Crippen LogP contribution is 2.12. The molecule has 1 rings (SSSR count). The topological polar surface area (TPSA) is 80.3 Å². The van der Waals surface area contributed by atoms with Gasteiger partial charge in [0.05, 0.1) is 10.9 Å². The van der Waals surface area contributed by atoms with Gasteiger partial charge < -0.3 is 0 Å². The summed E-state index contributed by atoms with van der Waals surface area (Å²) in [5.74, 6) is -0.493. The molecular weight excluding hydrogens is 254 g/mol. The van der Waals surface area contributed by atoms with E-state index in [1.54, 1.807) is 0 Å². The predicted molar refractivity (Wildman–Crippen MR) is 66.9 cm³/mol. The molecule has 0 bridgehead atoms. The van der Waals surface area contributed by atoms with Crippen LogP contribution < -0.4 is 4.72 Å². The van der Waals surface area contributed by atoms with Gasteiger partial charge in [0.15, 0.2) is 5.78 Å². The maximum absolute atomic E-state index is 11.9. The highest BCUT2D eigenvalue weighted by Gasteiger charge is 2.20. The third kappa shape index (κ3) is 3.48. The van der Waals surface area contributed by atoms with Crippen molar-refractivity contribution in [2.45, 2.75) is 31.7 Å². The summed E-state index contributed by atoms with van der Waals surface area (Å²) in [6.07, 6.45) is 0. The van der Waals surface area contributed by atoms with E-state index < -0.39 is 16.1 Å². The molecule has 0 spiro atoms. The van der Waals surface area contributed by atoms with Gasteiger partial charge in [-0.3, -0.25) is 9.59 Å². The summed E-state index contributed by atoms with van der Waals surface area (Å²) in [5.41, 5.74) is 0.313. The minimum Gasteiger partial charge on any atom is -0.298 e. The Morgan fingerprint density at radius 3 is 2.33 bits per heavy atom. The molecular formula is C12H15NO4S. The normalized spacial score (nSPS) is 13.1. The maximum Gasteiger partial charge on any atom is 0.241 e. The van der Waals surface area contributed by atoms with Gasteiger partial charge in [-0.25, -0.2) is 13.1 Å². The van der Waals surface area contributed by atoms with Gasteiger partial charge >= 0.3 is 0 Å². The fourth-order valence-electron chi connectivity index (χ4n) is 1.27. The SMILES string of the molecule is CC(=O)c1cccc(S(=O)(=O)NC(C)C(C)=O)c1. The van der Waals surface area contributed by atoms with E-state index in [0.29, 0.717) is 5.56 Å². The first-order valence-electron chi connectivity index (χ1n) is 5.38. The van der Waals surface area contributed by atoms with Crippen LogP contribution in [0, 0.1) is 0 Å². The molecule has 1 aromatic carbocycles. The van der Waals surface area contributed by atoms with E-state index in [4.69, 9.17) is 0 Å². The Bertz CT molecular complexity index is 577. The van der Waals surface area contributed by atoms with Crippen molar-refractivity contribution in [1.29, 1.82) is 0 Å². The lowest BCUT2D eigenvalue weighted by atomic mass is 10.2. The number of ketones is 2. The van der Waals surface area contributed by atoms with E-state index >= 15 is 0 Å². The summed E-state index contributed by atoms with van der Waals surface area (Å²) in [7, 11) is -3.78. The number of hydrogen-bond acceptors (Lipinski definition) is 4. The van der Waals surface area contributed by atoms with Crippen molar-refractivity contribution >= 4 is 21.6 Å². The molecule has 98 valence electrons. The first-order valence-corrected chi connectivity index (χ1v) is 6.86. The van der Waals surface area contributed by atoms with Crippen molar-refractivity contribution in [3.05, 3.63) is 29.8 Å². The largest absolute Gasteiger partial charge is 0.298 e. The van der Waals surface area contributed by atoms with Crippen LogP contribution in [0.5, 0.6) is 0 Å². The Morgan fingerprint density at radius 2 is 1.83 bits per heavy atom. The highest BCUT2D eigenvalue weighted by molar-refractivity contribution is 7.89. The molecule has 0 radical (unpaired) electrons. The average Bonchev–Trinajstić information content (AvgIpc) is 2.28. The first-order chi connectivity index (χ1) is 8.24. The minimum absolute atomic E-state index is 0.0247. The predicted octanol–water partition coefficient (Wildman–Crippen LogP) is 1.15. The number of nitrogens with one attached hydrogen (secondary N) is 1. The lowest BCUT2D eigenvalue weighted by Gasteiger charge is -2.11. The molecule has 0 saturated heterocycles. The molecule has 0 aliphatic rings. The number of benzene rings is 1. The van der Waals surface area contributed by atoms with Crippen molar-refractivity contribution in [1.82, 2.24) is 4.72 Å². The Hall–Kier alpha value is -1.53. The lowest BCUT2D eigenvalue weighted by molar-refractivity contribution is -0.118. The van der Waals surface area contributed by atoms with Gasteiger partial charge in [-0.15, -0.1) is 0 Å². The van der Waals surface area contributed by atoms with Crippen LogP contribution in [0.2, 0.25) is 0 Å². The van der Waals surface area contributed by atoms with Crippen molar-refractivity contribution in [3.63, 3.8) is 0 Å². The van der Waals surface area contributed by atoms with Crippen LogP contribution in [-0.4, -0.2) is 26.0 Å². The molecule has 0 saturated carbocycles. The van der Waals surface area contributed by atoms with Gasteiger partial charge in [0.2, 0.25) is 10.0 Å². The van der Waals surface area contributed by atoms with E-state index in [1.165, 1.54) is 45.0 Å². The minimum atomic E-state index is -3.78. The number of rotatable bonds is 5. The van der Waals surface area contributed by atoms with Gasteiger partial charge in [0.25, 0.3) is 0 Å². The quantitative estimate of drug-likeness (QED) is 0.813. The van der Waals surface area contributed by atoms with E-state index in [2.05, 4.69) is 4.72 Å². The lowest BCUT2D eigenvalue weighted by Crippen LogP contribution is -2.37. The van der Waals surface area contributed by atoms with E-state index in [1.807, 2.05) is 0 Å². The molecule has 1 N–H and O–H groups in total. The zero-order valence-corrected chi connectivity index (χ0v) is 11.2. The van der Waals surface area contributed by atoms with Gasteiger partial charge in [-0.1, -0.05) is 12.1 Å². The van der Waals surface area contributed by atoms with Crippen molar-refractivity contribution in [2.75, 3.05) is 0 Å². The third-order valence-electron chi connectivity index (χ3n) is 2.49. The molecule has 1 aromatic rings. The van der Waals surface area contributed by atoms with Crippen LogP contribution in [-0.2, 0) is 14.8 Å². The Morgan fingerprint density at radius 1 is 1.22 bits per heavy atom. The average molecular weight is 269 g/mol. The summed E-state index contributed by atoms with van der Waals surface area (Å²) in [6.45, 7) is 4.13. The zero-order chi connectivity index (χ0) is 13.9. The van der Waals surface area contributed by atoms with E-state index in [9.17, 15) is 18.0 Å². The number of Topliss-reactive ketones (excluding diaryl/α,β-unsaturated/α-hetero) is 2. The molecule has 0 amide bonds. The van der Waals surface area contributed by atoms with Gasteiger partial charge in [0.1, 0.15) is 5.78 Å². The summed E-state index contributed by atoms with van der Waals surface area (Å²) in [4.78, 5) is 22.2. The van der Waals surface area contributed by atoms with Gasteiger partial charge in [-0.05, 0) is 32.9 Å². The van der Waals surface area contributed by atoms with E-state index in [0.717, 1.165) is 0 Å². The number of carbonyl (C=O) groups is 2. The number of sulfonamides is 1. The standard InChI is InChI=1S/C12H15NO4S/c1-8(9(2)14)13-18(16,17)12-6-4-5-11(7-12)10(3)15/h4-8,13H,1-3H3. The van der Waals surface area contributed by atoms with Crippen molar-refractivity contribution in [3.8, 4) is 0 Å². The smallest absolute Gasteiger partial charge is 0.241 e. The fraction of sp³-hybridized carbons (Fsp3) is 0.333. The van der Waals surface area contributed by atoms with Gasteiger partial charge in [-0.2, -0.15) is 0 Å². The van der Waals surface area contributed by atoms with Crippen LogP contribution in [0.3, 0.4) is 0 Å². The first kappa shape index (κ1) is 14.5. The van der Waals surface area contributed by atoms with Crippen LogP contribution in [0.1, 0.15) is 31.1 Å². The van der Waals surface area contributed by atoms with Crippen molar-refractivity contribution < 1.29 is 18.0 Å². The zero-order valence-electron chi connectivity index (χ0n) is 10.4. The Balaban J connectivity index is 3.09. The monoisotopic (exact) mass is 269 g/mol. The summed E-state index contributed by atoms with van der Waals surface area (Å²) in [6, 6.07) is 4.90. The molecule has 0 heterocycles. The molecule has 5 nitrogen and oxygen atoms in total. The third-order valence-corrected chi connectivity index (χ3v) is 4.03. The molecule has 0 fully saturated rings. The molecule has 1 unspecified atom stereocenters. The molecule has 6 heteroatoms. The maximum atomic E-state index is 11.9. The Kier molecular flexibility index (Phi) is 4.37. The second-order valence-corrected chi connectivity index (χ2v) is 5.75. The molecule has 1 atom stereocenters. The van der Waals surface area contributed by atoms with Crippen LogP contribution >= 0.6 is 0 Å². The molecule has 0 aliphatic heterocycles. The Labute approximate surface area is 106 Å². The summed E-state index contributed by atoms with van der Waals surface area (Å²) >= 11 is 0. The second kappa shape index (κ2) is 5.41. The number of hydrogen-bond donors (Lipinski definition) is 1. The molecule has 18 heavy (non-hydrogen) atoms. The van der Waals surface area contributed by atoms with Crippen LogP contribution in [0.25, 0.3) is 0 Å². The summed E-state index contributed by atoms with van der Waals surface area (Å²) in [5, 5.41) is 0. The van der Waals surface area contributed by atoms with Crippen LogP contribution in [0.15, 0.2) is 29.2 Å². The highest BCUT2D eigenvalue weighted by atomic mass is 32.2. The molecule has 0 aliphatic carbocycles. The second-order valence-electron chi connectivity index (χ2n) is 4.04. The molecule has 0 aromatic heterocycles. The van der Waals surface area contributed by atoms with Crippen molar-refractivity contribution in [2.24, 2.45) is 0 Å². The van der Waals surface area contributed by atoms with Gasteiger partial charge in [0, 0.05) is 5.56 Å².